The third kappa shape index (κ3) is 1.67. The van der Waals surface area contributed by atoms with Crippen LogP contribution in [0.1, 0.15) is 6.92 Å². The zero-order valence-electron chi connectivity index (χ0n) is 8.18. The fourth-order valence-corrected chi connectivity index (χ4v) is 2.19. The molecule has 1 aromatic rings. The zero-order valence-corrected chi connectivity index (χ0v) is 10.3. The molecule has 3 nitrogen and oxygen atoms in total. The fourth-order valence-electron chi connectivity index (χ4n) is 1.61. The first-order valence-corrected chi connectivity index (χ1v) is 5.94. The highest BCUT2D eigenvalue weighted by Crippen LogP contribution is 2.30. The van der Waals surface area contributed by atoms with Gasteiger partial charge in [-0.05, 0) is 12.1 Å². The van der Waals surface area contributed by atoms with Gasteiger partial charge in [0.1, 0.15) is 3.92 Å². The summed E-state index contributed by atoms with van der Waals surface area (Å²) >= 11 is 2.03. The van der Waals surface area contributed by atoms with Gasteiger partial charge in [0, 0.05) is 0 Å². The molecule has 1 saturated heterocycles. The molecule has 0 radical (unpaired) electrons. The topological polar surface area (TPSA) is 37.4 Å². The summed E-state index contributed by atoms with van der Waals surface area (Å²) in [6.07, 6.45) is 0. The molecule has 2 amide bonds. The van der Waals surface area contributed by atoms with Crippen LogP contribution in [0.3, 0.4) is 0 Å². The zero-order chi connectivity index (χ0) is 11.0. The van der Waals surface area contributed by atoms with E-state index in [-0.39, 0.29) is 21.7 Å². The highest BCUT2D eigenvalue weighted by Gasteiger charge is 2.44. The lowest BCUT2D eigenvalue weighted by Gasteiger charge is -2.13. The maximum absolute atomic E-state index is 11.8. The summed E-state index contributed by atoms with van der Waals surface area (Å²) in [4.78, 5) is 24.9. The van der Waals surface area contributed by atoms with E-state index in [0.29, 0.717) is 5.69 Å². The number of anilines is 1. The normalized spacial score (nSPS) is 26.1. The van der Waals surface area contributed by atoms with Crippen LogP contribution in [0.15, 0.2) is 30.3 Å². The van der Waals surface area contributed by atoms with Crippen LogP contribution >= 0.6 is 22.6 Å². The minimum Gasteiger partial charge on any atom is -0.274 e. The molecule has 15 heavy (non-hydrogen) atoms. The first-order chi connectivity index (χ1) is 7.13. The Labute approximate surface area is 102 Å². The van der Waals surface area contributed by atoms with Crippen molar-refractivity contribution in [1.29, 1.82) is 0 Å². The van der Waals surface area contributed by atoms with E-state index in [1.807, 2.05) is 40.8 Å². The van der Waals surface area contributed by atoms with Crippen molar-refractivity contribution in [3.63, 3.8) is 0 Å². The second-order valence-electron chi connectivity index (χ2n) is 3.54. The maximum Gasteiger partial charge on any atom is 0.247 e. The van der Waals surface area contributed by atoms with Crippen molar-refractivity contribution in [2.75, 3.05) is 4.90 Å². The van der Waals surface area contributed by atoms with Gasteiger partial charge in [-0.2, -0.15) is 0 Å². The van der Waals surface area contributed by atoms with E-state index in [0.717, 1.165) is 0 Å². The SMILES string of the molecule is CC1C(=O)N(c2ccccc2)C(=O)C1I. The first-order valence-electron chi connectivity index (χ1n) is 4.70. The molecule has 78 valence electrons. The Morgan fingerprint density at radius 3 is 2.20 bits per heavy atom. The quantitative estimate of drug-likeness (QED) is 0.452. The molecule has 2 atom stereocenters. The molecule has 1 aromatic carbocycles. The average Bonchev–Trinajstić information content (AvgIpc) is 2.45. The molecule has 0 N–H and O–H groups in total. The number of nitrogens with zero attached hydrogens (tertiary/aromatic N) is 1. The highest BCUT2D eigenvalue weighted by atomic mass is 127. The largest absolute Gasteiger partial charge is 0.274 e. The van der Waals surface area contributed by atoms with E-state index in [1.165, 1.54) is 4.90 Å². The molecule has 2 unspecified atom stereocenters. The molecule has 1 aliphatic rings. The van der Waals surface area contributed by atoms with E-state index in [1.54, 1.807) is 19.1 Å². The van der Waals surface area contributed by atoms with Crippen molar-refractivity contribution in [3.8, 4) is 0 Å². The summed E-state index contributed by atoms with van der Waals surface area (Å²) < 4.78 is -0.240. The lowest BCUT2D eigenvalue weighted by atomic mass is 10.1. The number of imide groups is 1. The van der Waals surface area contributed by atoms with E-state index in [2.05, 4.69) is 0 Å². The van der Waals surface area contributed by atoms with Crippen molar-refractivity contribution in [1.82, 2.24) is 0 Å². The molecule has 0 saturated carbocycles. The molecule has 0 spiro atoms. The van der Waals surface area contributed by atoms with E-state index < -0.39 is 0 Å². The summed E-state index contributed by atoms with van der Waals surface area (Å²) in [6, 6.07) is 9.05. The summed E-state index contributed by atoms with van der Waals surface area (Å²) in [5.41, 5.74) is 0.665. The van der Waals surface area contributed by atoms with Crippen LogP contribution in [0.2, 0.25) is 0 Å². The lowest BCUT2D eigenvalue weighted by Crippen LogP contribution is -2.30. The number of halogens is 1. The van der Waals surface area contributed by atoms with E-state index in [9.17, 15) is 9.59 Å². The van der Waals surface area contributed by atoms with Crippen LogP contribution in [-0.4, -0.2) is 15.7 Å². The van der Waals surface area contributed by atoms with Gasteiger partial charge in [-0.15, -0.1) is 0 Å². The number of para-hydroxylation sites is 1. The molecule has 0 bridgehead atoms. The number of carbonyl (C=O) groups excluding carboxylic acids is 2. The van der Waals surface area contributed by atoms with Crippen molar-refractivity contribution >= 4 is 40.1 Å². The molecular weight excluding hydrogens is 305 g/mol. The van der Waals surface area contributed by atoms with Gasteiger partial charge in [0.2, 0.25) is 11.8 Å². The van der Waals surface area contributed by atoms with Crippen LogP contribution in [0.4, 0.5) is 5.69 Å². The third-order valence-electron chi connectivity index (χ3n) is 2.52. The van der Waals surface area contributed by atoms with Gasteiger partial charge in [0.05, 0.1) is 11.6 Å². The highest BCUT2D eigenvalue weighted by molar-refractivity contribution is 14.1. The number of alkyl halides is 1. The molecule has 1 fully saturated rings. The number of benzene rings is 1. The predicted molar refractivity (Wildman–Crippen MR) is 65.9 cm³/mol. The summed E-state index contributed by atoms with van der Waals surface area (Å²) in [7, 11) is 0. The third-order valence-corrected chi connectivity index (χ3v) is 4.13. The van der Waals surface area contributed by atoms with Crippen LogP contribution in [0, 0.1) is 5.92 Å². The number of hydrogen-bond acceptors (Lipinski definition) is 2. The van der Waals surface area contributed by atoms with Gasteiger partial charge < -0.3 is 0 Å². The first kappa shape index (κ1) is 10.6. The maximum atomic E-state index is 11.8. The van der Waals surface area contributed by atoms with Crippen LogP contribution in [-0.2, 0) is 9.59 Å². The van der Waals surface area contributed by atoms with Gasteiger partial charge >= 0.3 is 0 Å². The Morgan fingerprint density at radius 1 is 1.13 bits per heavy atom. The number of rotatable bonds is 1. The minimum absolute atomic E-state index is 0.106. The molecule has 4 heteroatoms. The van der Waals surface area contributed by atoms with Crippen LogP contribution < -0.4 is 4.90 Å². The van der Waals surface area contributed by atoms with Crippen molar-refractivity contribution < 1.29 is 9.59 Å². The number of carbonyl (C=O) groups is 2. The summed E-state index contributed by atoms with van der Waals surface area (Å²) in [5, 5.41) is 0. The van der Waals surface area contributed by atoms with Gasteiger partial charge in [0.25, 0.3) is 0 Å². The Morgan fingerprint density at radius 2 is 1.73 bits per heavy atom. The predicted octanol–water partition coefficient (Wildman–Crippen LogP) is 2.00. The Bertz CT molecular complexity index is 384. The second kappa shape index (κ2) is 3.92. The van der Waals surface area contributed by atoms with Crippen molar-refractivity contribution in [2.45, 2.75) is 10.8 Å². The van der Waals surface area contributed by atoms with Gasteiger partial charge in [-0.1, -0.05) is 47.7 Å². The fraction of sp³-hybridized carbons (Fsp3) is 0.273. The van der Waals surface area contributed by atoms with Gasteiger partial charge in [0.15, 0.2) is 0 Å². The van der Waals surface area contributed by atoms with Crippen molar-refractivity contribution in [2.24, 2.45) is 5.92 Å². The number of hydrogen-bond donors (Lipinski definition) is 0. The summed E-state index contributed by atoms with van der Waals surface area (Å²) in [5.74, 6) is -0.441. The molecule has 0 aliphatic carbocycles. The molecular formula is C11H10INO2. The van der Waals surface area contributed by atoms with E-state index >= 15 is 0 Å². The molecule has 0 aromatic heterocycles. The Kier molecular flexibility index (Phi) is 2.77. The molecule has 1 aliphatic heterocycles. The second-order valence-corrected chi connectivity index (χ2v) is 4.88. The van der Waals surface area contributed by atoms with Gasteiger partial charge in [-0.25, -0.2) is 4.90 Å². The molecule has 2 rings (SSSR count). The number of amides is 2. The minimum atomic E-state index is -0.240. The molecule has 1 heterocycles. The van der Waals surface area contributed by atoms with E-state index in [4.69, 9.17) is 0 Å². The Balaban J connectivity index is 2.39. The smallest absolute Gasteiger partial charge is 0.247 e. The van der Waals surface area contributed by atoms with Crippen molar-refractivity contribution in [3.05, 3.63) is 30.3 Å². The van der Waals surface area contributed by atoms with Crippen LogP contribution in [0.25, 0.3) is 0 Å². The average molecular weight is 315 g/mol. The van der Waals surface area contributed by atoms with Crippen LogP contribution in [0.5, 0.6) is 0 Å². The lowest BCUT2D eigenvalue weighted by molar-refractivity contribution is -0.122. The monoisotopic (exact) mass is 315 g/mol. The Hall–Kier alpha value is -0.910. The van der Waals surface area contributed by atoms with Gasteiger partial charge in [-0.3, -0.25) is 9.59 Å². The summed E-state index contributed by atoms with van der Waals surface area (Å²) in [6.45, 7) is 1.79. The standard InChI is InChI=1S/C11H10INO2/c1-7-9(12)11(15)13(10(7)14)8-5-3-2-4-6-8/h2-7,9H,1H3.